The average Bonchev–Trinajstić information content (AvgIpc) is 3.42. The van der Waals surface area contributed by atoms with Gasteiger partial charge >= 0.3 is 0 Å². The molecule has 0 radical (unpaired) electrons. The van der Waals surface area contributed by atoms with Crippen LogP contribution in [-0.4, -0.2) is 42.2 Å². The Kier molecular flexibility index (Phi) is 6.43. The second-order valence-electron chi connectivity index (χ2n) is 7.59. The number of aliphatic imine (C=N–C) groups is 1. The summed E-state index contributed by atoms with van der Waals surface area (Å²) < 4.78 is 5.90. The first kappa shape index (κ1) is 22.4. The highest BCUT2D eigenvalue weighted by atomic mass is 35.5. The predicted octanol–water partition coefficient (Wildman–Crippen LogP) is 6.70. The summed E-state index contributed by atoms with van der Waals surface area (Å²) in [7, 11) is 0. The van der Waals surface area contributed by atoms with Gasteiger partial charge in [0.05, 0.1) is 9.93 Å². The Labute approximate surface area is 210 Å². The number of furan rings is 1. The Balaban J connectivity index is 1.25. The minimum atomic E-state index is -0.258. The molecule has 2 aliphatic rings. The molecule has 2 aromatic carbocycles. The lowest BCUT2D eigenvalue weighted by Gasteiger charge is -2.36. The van der Waals surface area contributed by atoms with E-state index in [9.17, 15) is 4.79 Å². The van der Waals surface area contributed by atoms with Crippen molar-refractivity contribution in [1.82, 2.24) is 4.90 Å². The van der Waals surface area contributed by atoms with Crippen LogP contribution >= 0.6 is 46.6 Å². The maximum Gasteiger partial charge on any atom is 0.286 e. The second kappa shape index (κ2) is 9.47. The van der Waals surface area contributed by atoms with Gasteiger partial charge in [0.1, 0.15) is 11.5 Å². The molecular formula is C24H18Cl3N3O2S. The van der Waals surface area contributed by atoms with E-state index < -0.39 is 0 Å². The fourth-order valence-electron chi connectivity index (χ4n) is 3.75. The minimum Gasteiger partial charge on any atom is -0.457 e. The van der Waals surface area contributed by atoms with Crippen molar-refractivity contribution in [3.05, 3.63) is 80.3 Å². The van der Waals surface area contributed by atoms with E-state index in [0.717, 1.165) is 42.1 Å². The molecule has 5 rings (SSSR count). The number of thioether (sulfide) groups is 1. The van der Waals surface area contributed by atoms with Crippen molar-refractivity contribution in [3.8, 4) is 11.3 Å². The quantitative estimate of drug-likeness (QED) is 0.361. The van der Waals surface area contributed by atoms with Crippen LogP contribution in [0.15, 0.2) is 68.9 Å². The molecule has 0 aliphatic carbocycles. The SMILES string of the molecule is O=C1N=C(N2CCN(c3cccc(Cl)c3)CC2)S/C1=C/c1ccc(-c2cc(Cl)ccc2Cl)o1. The molecule has 0 N–H and O–H groups in total. The molecule has 1 amide bonds. The molecule has 33 heavy (non-hydrogen) atoms. The number of piperazine rings is 1. The highest BCUT2D eigenvalue weighted by Gasteiger charge is 2.29. The lowest BCUT2D eigenvalue weighted by atomic mass is 10.2. The highest BCUT2D eigenvalue weighted by molar-refractivity contribution is 8.18. The van der Waals surface area contributed by atoms with Crippen LogP contribution in [0.2, 0.25) is 15.1 Å². The Bertz CT molecular complexity index is 1280. The van der Waals surface area contributed by atoms with Crippen molar-refractivity contribution in [1.29, 1.82) is 0 Å². The summed E-state index contributed by atoms with van der Waals surface area (Å²) in [5.41, 5.74) is 1.81. The van der Waals surface area contributed by atoms with E-state index in [2.05, 4.69) is 20.9 Å². The molecule has 2 aliphatic heterocycles. The number of rotatable bonds is 3. The number of hydrogen-bond donors (Lipinski definition) is 0. The molecule has 3 heterocycles. The number of carbonyl (C=O) groups is 1. The van der Waals surface area contributed by atoms with Crippen LogP contribution in [0.5, 0.6) is 0 Å². The molecule has 0 bridgehead atoms. The molecule has 168 valence electrons. The Morgan fingerprint density at radius 3 is 2.45 bits per heavy atom. The Morgan fingerprint density at radius 2 is 1.67 bits per heavy atom. The molecule has 1 saturated heterocycles. The lowest BCUT2D eigenvalue weighted by Crippen LogP contribution is -2.47. The standard InChI is InChI=1S/C24H18Cl3N3O2S/c25-15-2-1-3-17(12-15)29-8-10-30(11-9-29)24-28-23(31)22(33-24)14-18-5-7-21(32-18)19-13-16(26)4-6-20(19)27/h1-7,12-14H,8-11H2/b22-14+. The van der Waals surface area contributed by atoms with E-state index in [4.69, 9.17) is 39.2 Å². The van der Waals surface area contributed by atoms with Crippen molar-refractivity contribution < 1.29 is 9.21 Å². The third-order valence-corrected chi connectivity index (χ3v) is 7.27. The zero-order valence-corrected chi connectivity index (χ0v) is 20.4. The van der Waals surface area contributed by atoms with Crippen LogP contribution in [0.3, 0.4) is 0 Å². The Hall–Kier alpha value is -2.38. The summed E-state index contributed by atoms with van der Waals surface area (Å²) >= 11 is 19.8. The fourth-order valence-corrected chi connectivity index (χ4v) is 5.26. The van der Waals surface area contributed by atoms with Gasteiger partial charge in [0.15, 0.2) is 5.17 Å². The number of hydrogen-bond acceptors (Lipinski definition) is 5. The van der Waals surface area contributed by atoms with Crippen molar-refractivity contribution in [2.75, 3.05) is 31.1 Å². The lowest BCUT2D eigenvalue weighted by molar-refractivity contribution is -0.113. The van der Waals surface area contributed by atoms with Gasteiger partial charge < -0.3 is 14.2 Å². The van der Waals surface area contributed by atoms with E-state index >= 15 is 0 Å². The summed E-state index contributed by atoms with van der Waals surface area (Å²) in [6.45, 7) is 3.21. The van der Waals surface area contributed by atoms with Crippen molar-refractivity contribution in [2.24, 2.45) is 4.99 Å². The molecule has 0 atom stereocenters. The summed E-state index contributed by atoms with van der Waals surface area (Å²) in [6, 6.07) is 16.7. The molecule has 1 fully saturated rings. The average molecular weight is 519 g/mol. The maximum absolute atomic E-state index is 12.5. The second-order valence-corrected chi connectivity index (χ2v) is 9.88. The molecule has 5 nitrogen and oxygen atoms in total. The first-order valence-corrected chi connectivity index (χ1v) is 12.2. The molecule has 0 spiro atoms. The number of carbonyl (C=O) groups excluding carboxylic acids is 1. The van der Waals surface area contributed by atoms with Gasteiger partial charge in [0.2, 0.25) is 0 Å². The van der Waals surface area contributed by atoms with E-state index in [-0.39, 0.29) is 5.91 Å². The van der Waals surface area contributed by atoms with Crippen LogP contribution in [0.25, 0.3) is 17.4 Å². The molecule has 0 unspecified atom stereocenters. The van der Waals surface area contributed by atoms with Crippen LogP contribution in [0.4, 0.5) is 5.69 Å². The number of amidine groups is 1. The minimum absolute atomic E-state index is 0.258. The van der Waals surface area contributed by atoms with E-state index in [0.29, 0.717) is 32.0 Å². The summed E-state index contributed by atoms with van der Waals surface area (Å²) in [5, 5.41) is 2.56. The summed E-state index contributed by atoms with van der Waals surface area (Å²) in [6.07, 6.45) is 1.72. The number of anilines is 1. The highest BCUT2D eigenvalue weighted by Crippen LogP contribution is 2.35. The van der Waals surface area contributed by atoms with Gasteiger partial charge in [-0.3, -0.25) is 4.79 Å². The van der Waals surface area contributed by atoms with E-state index in [1.54, 1.807) is 30.3 Å². The maximum atomic E-state index is 12.5. The molecule has 9 heteroatoms. The first-order valence-electron chi connectivity index (χ1n) is 10.3. The van der Waals surface area contributed by atoms with Gasteiger partial charge in [-0.15, -0.1) is 0 Å². The molecule has 1 aromatic heterocycles. The van der Waals surface area contributed by atoms with Crippen LogP contribution < -0.4 is 4.90 Å². The van der Waals surface area contributed by atoms with Crippen LogP contribution in [-0.2, 0) is 4.79 Å². The normalized spacial score (nSPS) is 17.7. The predicted molar refractivity (Wildman–Crippen MR) is 137 cm³/mol. The number of benzene rings is 2. The summed E-state index contributed by atoms with van der Waals surface area (Å²) in [4.78, 5) is 21.7. The van der Waals surface area contributed by atoms with Gasteiger partial charge in [0, 0.05) is 53.6 Å². The zero-order valence-electron chi connectivity index (χ0n) is 17.3. The van der Waals surface area contributed by atoms with Gasteiger partial charge in [-0.25, -0.2) is 0 Å². The largest absolute Gasteiger partial charge is 0.457 e. The van der Waals surface area contributed by atoms with Gasteiger partial charge in [0.25, 0.3) is 5.91 Å². The molecule has 3 aromatic rings. The Morgan fingerprint density at radius 1 is 0.909 bits per heavy atom. The topological polar surface area (TPSA) is 49.1 Å². The fraction of sp³-hybridized carbons (Fsp3) is 0.167. The van der Waals surface area contributed by atoms with Gasteiger partial charge in [-0.2, -0.15) is 4.99 Å². The third kappa shape index (κ3) is 4.94. The zero-order chi connectivity index (χ0) is 22.9. The van der Waals surface area contributed by atoms with Gasteiger partial charge in [-0.05, 0) is 60.3 Å². The van der Waals surface area contributed by atoms with E-state index in [1.807, 2.05) is 24.3 Å². The van der Waals surface area contributed by atoms with Crippen LogP contribution in [0.1, 0.15) is 5.76 Å². The number of amides is 1. The summed E-state index contributed by atoms with van der Waals surface area (Å²) in [5.74, 6) is 0.883. The van der Waals surface area contributed by atoms with Crippen molar-refractivity contribution in [2.45, 2.75) is 0 Å². The monoisotopic (exact) mass is 517 g/mol. The van der Waals surface area contributed by atoms with E-state index in [1.165, 1.54) is 11.8 Å². The van der Waals surface area contributed by atoms with Crippen molar-refractivity contribution >= 4 is 69.4 Å². The number of nitrogens with zero attached hydrogens (tertiary/aromatic N) is 3. The van der Waals surface area contributed by atoms with Crippen molar-refractivity contribution in [3.63, 3.8) is 0 Å². The third-order valence-electron chi connectivity index (χ3n) is 5.43. The van der Waals surface area contributed by atoms with Gasteiger partial charge in [-0.1, -0.05) is 40.9 Å². The first-order chi connectivity index (χ1) is 16.0. The molecular weight excluding hydrogens is 501 g/mol. The smallest absolute Gasteiger partial charge is 0.286 e. The molecule has 0 saturated carbocycles. The van der Waals surface area contributed by atoms with Crippen LogP contribution in [0, 0.1) is 0 Å². The number of halogens is 3.